The van der Waals surface area contributed by atoms with Crippen LogP contribution in [0.5, 0.6) is 11.5 Å². The smallest absolute Gasteiger partial charge is 0.343 e. The fourth-order valence-electron chi connectivity index (χ4n) is 1.53. The van der Waals surface area contributed by atoms with Crippen LogP contribution in [0.2, 0.25) is 0 Å². The summed E-state index contributed by atoms with van der Waals surface area (Å²) in [4.78, 5) is 11.2. The minimum absolute atomic E-state index is 0.133. The second kappa shape index (κ2) is 7.63. The second-order valence-electron chi connectivity index (χ2n) is 4.35. The third kappa shape index (κ3) is 4.79. The average Bonchev–Trinajstić information content (AvgIpc) is 2.42. The van der Waals surface area contributed by atoms with Crippen LogP contribution < -0.4 is 14.8 Å². The maximum absolute atomic E-state index is 11.2. The van der Waals surface area contributed by atoms with Gasteiger partial charge in [-0.1, -0.05) is 26.0 Å². The lowest BCUT2D eigenvalue weighted by molar-refractivity contribution is -0.142. The van der Waals surface area contributed by atoms with Gasteiger partial charge >= 0.3 is 5.97 Å². The van der Waals surface area contributed by atoms with Gasteiger partial charge in [-0.25, -0.2) is 4.79 Å². The van der Waals surface area contributed by atoms with E-state index in [2.05, 4.69) is 23.9 Å². The number of carbonyl (C=O) groups excluding carboxylic acids is 1. The number of methoxy groups -OCH3 is 2. The molecule has 0 aliphatic carbocycles. The Morgan fingerprint density at radius 3 is 2.63 bits per heavy atom. The lowest BCUT2D eigenvalue weighted by Gasteiger charge is -2.16. The Labute approximate surface area is 113 Å². The molecule has 1 N–H and O–H groups in total. The zero-order chi connectivity index (χ0) is 14.3. The summed E-state index contributed by atoms with van der Waals surface area (Å²) in [7, 11) is 2.90. The summed E-state index contributed by atoms with van der Waals surface area (Å²) >= 11 is 0. The SMILES string of the molecule is COC(=O)COc1c(CNC(C)C)cccc1OC. The summed E-state index contributed by atoms with van der Waals surface area (Å²) in [6.07, 6.45) is 0. The average molecular weight is 267 g/mol. The van der Waals surface area contributed by atoms with Crippen LogP contribution in [0, 0.1) is 0 Å². The van der Waals surface area contributed by atoms with E-state index >= 15 is 0 Å². The Kier molecular flexibility index (Phi) is 6.15. The van der Waals surface area contributed by atoms with Gasteiger partial charge in [-0.05, 0) is 6.07 Å². The molecule has 0 bridgehead atoms. The summed E-state index contributed by atoms with van der Waals surface area (Å²) in [6.45, 7) is 4.64. The molecule has 0 unspecified atom stereocenters. The molecule has 1 aromatic carbocycles. The molecule has 19 heavy (non-hydrogen) atoms. The minimum atomic E-state index is -0.423. The first-order valence-electron chi connectivity index (χ1n) is 6.17. The van der Waals surface area contributed by atoms with Crippen molar-refractivity contribution in [2.24, 2.45) is 0 Å². The third-order valence-corrected chi connectivity index (χ3v) is 2.54. The fourth-order valence-corrected chi connectivity index (χ4v) is 1.53. The van der Waals surface area contributed by atoms with Crippen molar-refractivity contribution in [3.8, 4) is 11.5 Å². The molecule has 0 heterocycles. The molecule has 0 saturated carbocycles. The highest BCUT2D eigenvalue weighted by Gasteiger charge is 2.12. The number of hydrogen-bond donors (Lipinski definition) is 1. The van der Waals surface area contributed by atoms with Gasteiger partial charge in [0.2, 0.25) is 0 Å². The van der Waals surface area contributed by atoms with Gasteiger partial charge in [0.1, 0.15) is 0 Å². The molecule has 0 atom stereocenters. The van der Waals surface area contributed by atoms with E-state index in [0.29, 0.717) is 24.1 Å². The molecule has 0 aliphatic rings. The molecule has 0 saturated heterocycles. The maximum atomic E-state index is 11.2. The number of rotatable bonds is 7. The first-order valence-corrected chi connectivity index (χ1v) is 6.17. The van der Waals surface area contributed by atoms with Gasteiger partial charge in [0.25, 0.3) is 0 Å². The lowest BCUT2D eigenvalue weighted by Crippen LogP contribution is -2.22. The zero-order valence-corrected chi connectivity index (χ0v) is 11.9. The highest BCUT2D eigenvalue weighted by Crippen LogP contribution is 2.31. The molecule has 5 nitrogen and oxygen atoms in total. The van der Waals surface area contributed by atoms with Crippen LogP contribution in [0.3, 0.4) is 0 Å². The van der Waals surface area contributed by atoms with E-state index < -0.39 is 5.97 Å². The molecule has 0 radical (unpaired) electrons. The number of para-hydroxylation sites is 1. The molecule has 0 aliphatic heterocycles. The number of nitrogens with one attached hydrogen (secondary N) is 1. The number of ether oxygens (including phenoxy) is 3. The van der Waals surface area contributed by atoms with Crippen molar-refractivity contribution in [3.05, 3.63) is 23.8 Å². The lowest BCUT2D eigenvalue weighted by atomic mass is 10.1. The molecule has 5 heteroatoms. The Morgan fingerprint density at radius 1 is 1.32 bits per heavy atom. The minimum Gasteiger partial charge on any atom is -0.493 e. The monoisotopic (exact) mass is 267 g/mol. The van der Waals surface area contributed by atoms with Crippen molar-refractivity contribution in [2.45, 2.75) is 26.4 Å². The van der Waals surface area contributed by atoms with E-state index in [1.807, 2.05) is 12.1 Å². The van der Waals surface area contributed by atoms with Gasteiger partial charge in [-0.15, -0.1) is 0 Å². The number of benzene rings is 1. The molecule has 0 amide bonds. The summed E-state index contributed by atoms with van der Waals surface area (Å²) in [5, 5.41) is 3.30. The van der Waals surface area contributed by atoms with Crippen LogP contribution in [0.15, 0.2) is 18.2 Å². The number of esters is 1. The fraction of sp³-hybridized carbons (Fsp3) is 0.500. The maximum Gasteiger partial charge on any atom is 0.343 e. The van der Waals surface area contributed by atoms with Gasteiger partial charge in [0.05, 0.1) is 14.2 Å². The molecular weight excluding hydrogens is 246 g/mol. The Bertz CT molecular complexity index is 418. The van der Waals surface area contributed by atoms with Crippen molar-refractivity contribution in [3.63, 3.8) is 0 Å². The van der Waals surface area contributed by atoms with Crippen LogP contribution in [0.1, 0.15) is 19.4 Å². The van der Waals surface area contributed by atoms with Gasteiger partial charge in [-0.3, -0.25) is 0 Å². The van der Waals surface area contributed by atoms with Crippen molar-refractivity contribution >= 4 is 5.97 Å². The van der Waals surface area contributed by atoms with Crippen molar-refractivity contribution in [1.82, 2.24) is 5.32 Å². The summed E-state index contributed by atoms with van der Waals surface area (Å²) in [6, 6.07) is 5.98. The van der Waals surface area contributed by atoms with Crippen LogP contribution in [-0.4, -0.2) is 32.8 Å². The largest absolute Gasteiger partial charge is 0.493 e. The highest BCUT2D eigenvalue weighted by atomic mass is 16.6. The molecule has 0 spiro atoms. The molecule has 0 fully saturated rings. The molecule has 106 valence electrons. The predicted octanol–water partition coefficient (Wildman–Crippen LogP) is 1.74. The normalized spacial score (nSPS) is 10.4. The third-order valence-electron chi connectivity index (χ3n) is 2.54. The van der Waals surface area contributed by atoms with E-state index in [1.54, 1.807) is 13.2 Å². The summed E-state index contributed by atoms with van der Waals surface area (Å²) < 4.78 is 15.3. The van der Waals surface area contributed by atoms with E-state index in [4.69, 9.17) is 9.47 Å². The second-order valence-corrected chi connectivity index (χ2v) is 4.35. The van der Waals surface area contributed by atoms with Crippen LogP contribution in [0.25, 0.3) is 0 Å². The van der Waals surface area contributed by atoms with Crippen LogP contribution in [0.4, 0.5) is 0 Å². The van der Waals surface area contributed by atoms with Crippen molar-refractivity contribution in [2.75, 3.05) is 20.8 Å². The Hall–Kier alpha value is -1.75. The zero-order valence-electron chi connectivity index (χ0n) is 11.9. The van der Waals surface area contributed by atoms with Gasteiger partial charge in [0, 0.05) is 18.2 Å². The molecule has 1 rings (SSSR count). The van der Waals surface area contributed by atoms with E-state index in [-0.39, 0.29) is 6.61 Å². The predicted molar refractivity (Wildman–Crippen MR) is 72.5 cm³/mol. The van der Waals surface area contributed by atoms with E-state index in [9.17, 15) is 4.79 Å². The Balaban J connectivity index is 2.86. The van der Waals surface area contributed by atoms with Gasteiger partial charge < -0.3 is 19.5 Å². The topological polar surface area (TPSA) is 56.8 Å². The number of carbonyl (C=O) groups is 1. The van der Waals surface area contributed by atoms with Crippen molar-refractivity contribution < 1.29 is 19.0 Å². The molecule has 1 aromatic rings. The van der Waals surface area contributed by atoms with E-state index in [1.165, 1.54) is 7.11 Å². The van der Waals surface area contributed by atoms with Gasteiger partial charge in [0.15, 0.2) is 18.1 Å². The molecule has 0 aromatic heterocycles. The summed E-state index contributed by atoms with van der Waals surface area (Å²) in [5.41, 5.74) is 0.942. The van der Waals surface area contributed by atoms with E-state index in [0.717, 1.165) is 5.56 Å². The first kappa shape index (κ1) is 15.3. The first-order chi connectivity index (χ1) is 9.08. The standard InChI is InChI=1S/C14H21NO4/c1-10(2)15-8-11-6-5-7-12(17-3)14(11)19-9-13(16)18-4/h5-7,10,15H,8-9H2,1-4H3. The molecular formula is C14H21NO4. The summed E-state index contributed by atoms with van der Waals surface area (Å²) in [5.74, 6) is 0.754. The van der Waals surface area contributed by atoms with Crippen LogP contribution in [-0.2, 0) is 16.1 Å². The van der Waals surface area contributed by atoms with Gasteiger partial charge in [-0.2, -0.15) is 0 Å². The van der Waals surface area contributed by atoms with Crippen molar-refractivity contribution in [1.29, 1.82) is 0 Å². The quantitative estimate of drug-likeness (QED) is 0.763. The highest BCUT2D eigenvalue weighted by molar-refractivity contribution is 5.71. The Morgan fingerprint density at radius 2 is 2.05 bits per heavy atom. The van der Waals surface area contributed by atoms with Crippen LogP contribution >= 0.6 is 0 Å². The number of hydrogen-bond acceptors (Lipinski definition) is 5.